The lowest BCUT2D eigenvalue weighted by molar-refractivity contribution is -0.192. The lowest BCUT2D eigenvalue weighted by Gasteiger charge is -2.55. The number of carboxylic acids is 1. The van der Waals surface area contributed by atoms with Crippen LogP contribution in [-0.2, 0) is 30.3 Å². The third-order valence-electron chi connectivity index (χ3n) is 4.56. The smallest absolute Gasteiger partial charge is 0.404 e. The summed E-state index contributed by atoms with van der Waals surface area (Å²) in [4.78, 5) is 49.0. The molecule has 2 atom stereocenters. The molecule has 4 N–H and O–H groups in total. The number of ether oxygens (including phenoxy) is 2. The summed E-state index contributed by atoms with van der Waals surface area (Å²) in [6, 6.07) is 8.96. The van der Waals surface area contributed by atoms with Crippen molar-refractivity contribution in [2.45, 2.75) is 17.5 Å². The number of carboxylic acid groups (broad SMARTS) is 1. The van der Waals surface area contributed by atoms with Crippen molar-refractivity contribution in [2.75, 3.05) is 19.5 Å². The number of primary amides is 1. The summed E-state index contributed by atoms with van der Waals surface area (Å²) in [6.07, 6.45) is -1.01. The Labute approximate surface area is 170 Å². The summed E-state index contributed by atoms with van der Waals surface area (Å²) in [7, 11) is 1.27. The number of nitrogens with two attached hydrogens (primary N) is 1. The molecule has 0 bridgehead atoms. The van der Waals surface area contributed by atoms with Crippen LogP contribution in [-0.4, -0.2) is 64.5 Å². The Balaban J connectivity index is 1.80. The van der Waals surface area contributed by atoms with E-state index in [4.69, 9.17) is 10.5 Å². The Kier molecular flexibility index (Phi) is 5.80. The number of amides is 3. The minimum atomic E-state index is -1.67. The van der Waals surface area contributed by atoms with Crippen LogP contribution in [0.2, 0.25) is 0 Å². The van der Waals surface area contributed by atoms with E-state index in [1.54, 1.807) is 24.3 Å². The van der Waals surface area contributed by atoms with E-state index in [-0.39, 0.29) is 30.1 Å². The zero-order chi connectivity index (χ0) is 21.2. The number of rotatable bonds is 7. The van der Waals surface area contributed by atoms with Gasteiger partial charge >= 0.3 is 12.1 Å². The maximum absolute atomic E-state index is 12.9. The van der Waals surface area contributed by atoms with E-state index in [0.717, 1.165) is 10.5 Å². The van der Waals surface area contributed by atoms with Crippen LogP contribution in [0, 0.1) is 0 Å². The topological polar surface area (TPSA) is 148 Å². The van der Waals surface area contributed by atoms with Crippen molar-refractivity contribution < 1.29 is 33.8 Å². The first-order valence-corrected chi connectivity index (χ1v) is 9.58. The second-order valence-corrected chi connectivity index (χ2v) is 7.42. The number of carbonyl (C=O) groups is 4. The number of nitrogens with one attached hydrogen (secondary N) is 1. The minimum absolute atomic E-state index is 0.0376. The average molecular weight is 421 g/mol. The molecule has 0 spiro atoms. The van der Waals surface area contributed by atoms with E-state index in [0.29, 0.717) is 0 Å². The first kappa shape index (κ1) is 20.7. The van der Waals surface area contributed by atoms with Crippen LogP contribution in [0.25, 0.3) is 0 Å². The number of β-lactam (4-membered cyclic amide) rings is 1. The summed E-state index contributed by atoms with van der Waals surface area (Å²) in [5.41, 5.74) is 3.94. The van der Waals surface area contributed by atoms with Crippen LogP contribution in [0.3, 0.4) is 0 Å². The van der Waals surface area contributed by atoms with Gasteiger partial charge in [-0.15, -0.1) is 11.8 Å². The molecule has 0 aliphatic carbocycles. The Bertz CT molecular complexity index is 889. The molecule has 1 saturated heterocycles. The van der Waals surface area contributed by atoms with Crippen molar-refractivity contribution in [3.63, 3.8) is 0 Å². The highest BCUT2D eigenvalue weighted by molar-refractivity contribution is 8.00. The Morgan fingerprint density at radius 2 is 2.03 bits per heavy atom. The molecule has 2 heterocycles. The molecule has 2 aliphatic rings. The maximum atomic E-state index is 12.9. The minimum Gasteiger partial charge on any atom is -0.477 e. The zero-order valence-corrected chi connectivity index (χ0v) is 16.2. The summed E-state index contributed by atoms with van der Waals surface area (Å²) in [6.45, 7) is -0.346. The number of thioether (sulfide) groups is 1. The van der Waals surface area contributed by atoms with Crippen molar-refractivity contribution in [1.82, 2.24) is 10.2 Å². The second kappa shape index (κ2) is 8.13. The molecule has 3 amide bonds. The number of aliphatic carboxylic acids is 1. The molecule has 11 heteroatoms. The van der Waals surface area contributed by atoms with Crippen molar-refractivity contribution in [3.8, 4) is 0 Å². The summed E-state index contributed by atoms with van der Waals surface area (Å²) in [5, 5.41) is 11.4. The van der Waals surface area contributed by atoms with Gasteiger partial charge in [0.1, 0.15) is 17.7 Å². The van der Waals surface area contributed by atoms with Crippen molar-refractivity contribution in [1.29, 1.82) is 0 Å². The third-order valence-corrected chi connectivity index (χ3v) is 5.93. The fourth-order valence-corrected chi connectivity index (χ4v) is 4.67. The fourth-order valence-electron chi connectivity index (χ4n) is 3.25. The Morgan fingerprint density at radius 1 is 1.34 bits per heavy atom. The molecule has 1 aromatic carbocycles. The predicted molar refractivity (Wildman–Crippen MR) is 101 cm³/mol. The third kappa shape index (κ3) is 3.78. The van der Waals surface area contributed by atoms with E-state index in [1.165, 1.54) is 18.9 Å². The normalized spacial score (nSPS) is 23.1. The lowest BCUT2D eigenvalue weighted by atomic mass is 9.97. The zero-order valence-electron chi connectivity index (χ0n) is 15.4. The molecule has 2 aliphatic heterocycles. The molecule has 1 aromatic rings. The van der Waals surface area contributed by atoms with Gasteiger partial charge in [-0.3, -0.25) is 14.5 Å². The molecule has 3 rings (SSSR count). The van der Waals surface area contributed by atoms with Gasteiger partial charge in [0.05, 0.1) is 6.42 Å². The van der Waals surface area contributed by atoms with E-state index < -0.39 is 35.0 Å². The lowest BCUT2D eigenvalue weighted by Crippen LogP contribution is -2.80. The van der Waals surface area contributed by atoms with E-state index in [9.17, 15) is 24.3 Å². The molecule has 1 fully saturated rings. The predicted octanol–water partition coefficient (Wildman–Crippen LogP) is 0.0371. The van der Waals surface area contributed by atoms with Gasteiger partial charge in [0, 0.05) is 18.4 Å². The van der Waals surface area contributed by atoms with Crippen LogP contribution >= 0.6 is 11.8 Å². The van der Waals surface area contributed by atoms with Crippen LogP contribution < -0.4 is 11.1 Å². The average Bonchev–Trinajstić information content (AvgIpc) is 2.69. The molecule has 0 aromatic heterocycles. The second-order valence-electron chi connectivity index (χ2n) is 6.35. The molecule has 0 saturated carbocycles. The molecule has 10 nitrogen and oxygen atoms in total. The Hall–Kier alpha value is -3.05. The molecule has 0 radical (unpaired) electrons. The van der Waals surface area contributed by atoms with Crippen molar-refractivity contribution in [2.24, 2.45) is 5.73 Å². The molecule has 29 heavy (non-hydrogen) atoms. The van der Waals surface area contributed by atoms with Crippen LogP contribution in [0.5, 0.6) is 0 Å². The van der Waals surface area contributed by atoms with Gasteiger partial charge in [0.15, 0.2) is 0 Å². The van der Waals surface area contributed by atoms with Crippen molar-refractivity contribution >= 4 is 35.6 Å². The van der Waals surface area contributed by atoms with E-state index in [2.05, 4.69) is 10.1 Å². The van der Waals surface area contributed by atoms with E-state index >= 15 is 0 Å². The van der Waals surface area contributed by atoms with Crippen molar-refractivity contribution in [3.05, 3.63) is 47.2 Å². The van der Waals surface area contributed by atoms with Crippen LogP contribution in [0.15, 0.2) is 41.6 Å². The number of hydrogen-bond donors (Lipinski definition) is 3. The van der Waals surface area contributed by atoms with Crippen LogP contribution in [0.4, 0.5) is 4.79 Å². The number of hydrogen-bond acceptors (Lipinski definition) is 7. The first-order chi connectivity index (χ1) is 13.8. The molecule has 154 valence electrons. The largest absolute Gasteiger partial charge is 0.477 e. The van der Waals surface area contributed by atoms with Gasteiger partial charge in [-0.2, -0.15) is 0 Å². The standard InChI is InChI=1S/C18H19N3O7S/c1-27-18(20-12(22)7-10-5-3-2-4-6-10)15(25)21-13(14(23)24)11(8-28-17(19)26)9-29-16(18)21/h2-6,16H,7-9H2,1H3,(H2,19,26)(H,20,22)(H,23,24)/t16-,18+/m1/s1. The summed E-state index contributed by atoms with van der Waals surface area (Å²) in [5.74, 6) is -2.35. The molecule has 0 unspecified atom stereocenters. The maximum Gasteiger partial charge on any atom is 0.404 e. The quantitative estimate of drug-likeness (QED) is 0.413. The number of benzene rings is 1. The number of fused-ring (bicyclic) bond motifs is 1. The highest BCUT2D eigenvalue weighted by Crippen LogP contribution is 2.46. The highest BCUT2D eigenvalue weighted by Gasteiger charge is 2.66. The van der Waals surface area contributed by atoms with Gasteiger partial charge in [-0.1, -0.05) is 30.3 Å². The Morgan fingerprint density at radius 3 is 2.62 bits per heavy atom. The SMILES string of the molecule is CO[C@@]1(NC(=O)Cc2ccccc2)C(=O)N2C(C(=O)O)=C(COC(N)=O)CS[C@@H]21. The van der Waals surface area contributed by atoms with Crippen LogP contribution in [0.1, 0.15) is 5.56 Å². The van der Waals surface area contributed by atoms with Gasteiger partial charge < -0.3 is 25.6 Å². The number of methoxy groups -OCH3 is 1. The van der Waals surface area contributed by atoms with E-state index in [1.807, 2.05) is 6.07 Å². The number of nitrogens with zero attached hydrogens (tertiary/aromatic N) is 1. The number of carbonyl (C=O) groups excluding carboxylic acids is 3. The fraction of sp³-hybridized carbons (Fsp3) is 0.333. The summed E-state index contributed by atoms with van der Waals surface area (Å²) < 4.78 is 10.0. The highest BCUT2D eigenvalue weighted by atomic mass is 32.2. The first-order valence-electron chi connectivity index (χ1n) is 8.53. The van der Waals surface area contributed by atoms with Gasteiger partial charge in [-0.25, -0.2) is 9.59 Å². The monoisotopic (exact) mass is 421 g/mol. The van der Waals surface area contributed by atoms with Gasteiger partial charge in [-0.05, 0) is 5.56 Å². The molecular weight excluding hydrogens is 402 g/mol. The van der Waals surface area contributed by atoms with Gasteiger partial charge in [0.25, 0.3) is 11.6 Å². The molecular formula is C18H19N3O7S. The summed E-state index contributed by atoms with van der Waals surface area (Å²) >= 11 is 1.19. The van der Waals surface area contributed by atoms with Gasteiger partial charge in [0.2, 0.25) is 5.91 Å².